The van der Waals surface area contributed by atoms with Gasteiger partial charge in [-0.2, -0.15) is 0 Å². The van der Waals surface area contributed by atoms with Gasteiger partial charge in [0.1, 0.15) is 24.3 Å². The lowest BCUT2D eigenvalue weighted by Crippen LogP contribution is -2.31. The topological polar surface area (TPSA) is 64.3 Å². The molecule has 1 heterocycles. The molecule has 0 aliphatic rings. The van der Waals surface area contributed by atoms with Gasteiger partial charge >= 0.3 is 0 Å². The second-order valence-electron chi connectivity index (χ2n) is 4.83. The molecule has 0 aliphatic heterocycles. The van der Waals surface area contributed by atoms with E-state index in [1.54, 1.807) is 13.8 Å². The van der Waals surface area contributed by atoms with Crippen molar-refractivity contribution in [3.8, 4) is 5.75 Å². The minimum atomic E-state index is -0.864. The van der Waals surface area contributed by atoms with Crippen molar-refractivity contribution in [2.24, 2.45) is 0 Å². The number of rotatable bonds is 5. The molecule has 0 bridgehead atoms. The van der Waals surface area contributed by atoms with Crippen LogP contribution >= 0.6 is 0 Å². The van der Waals surface area contributed by atoms with Gasteiger partial charge in [-0.1, -0.05) is 0 Å². The molecule has 0 fully saturated rings. The quantitative estimate of drug-likeness (QED) is 0.905. The lowest BCUT2D eigenvalue weighted by Gasteiger charge is -2.14. The lowest BCUT2D eigenvalue weighted by atomic mass is 10.2. The van der Waals surface area contributed by atoms with Gasteiger partial charge in [-0.15, -0.1) is 0 Å². The first-order valence-electron chi connectivity index (χ1n) is 6.56. The third-order valence-electron chi connectivity index (χ3n) is 3.18. The summed E-state index contributed by atoms with van der Waals surface area (Å²) in [6.07, 6.45) is 0.544. The van der Waals surface area contributed by atoms with Crippen molar-refractivity contribution in [1.82, 2.24) is 9.55 Å². The first-order valence-corrected chi connectivity index (χ1v) is 6.56. The second-order valence-corrected chi connectivity index (χ2v) is 4.83. The average molecular weight is 292 g/mol. The highest BCUT2D eigenvalue weighted by Gasteiger charge is 2.10. The monoisotopic (exact) mass is 292 g/mol. The van der Waals surface area contributed by atoms with Crippen LogP contribution in [0.4, 0.5) is 4.39 Å². The van der Waals surface area contributed by atoms with Gasteiger partial charge in [0.15, 0.2) is 0 Å². The fraction of sp³-hybridized carbons (Fsp3) is 0.333. The highest BCUT2D eigenvalue weighted by molar-refractivity contribution is 5.22. The Hall–Kier alpha value is -2.21. The molecule has 2 rings (SSSR count). The zero-order chi connectivity index (χ0) is 15.4. The fourth-order valence-corrected chi connectivity index (χ4v) is 1.81. The van der Waals surface area contributed by atoms with Crippen molar-refractivity contribution in [3.63, 3.8) is 0 Å². The zero-order valence-electron chi connectivity index (χ0n) is 11.9. The summed E-state index contributed by atoms with van der Waals surface area (Å²) in [6, 6.07) is 5.51. The van der Waals surface area contributed by atoms with Crippen LogP contribution in [0.15, 0.2) is 35.4 Å². The number of nitrogens with zero attached hydrogens (tertiary/aromatic N) is 2. The molecule has 2 aromatic rings. The number of aliphatic hydroxyl groups is 1. The Morgan fingerprint density at radius 1 is 1.33 bits per heavy atom. The van der Waals surface area contributed by atoms with Gasteiger partial charge in [0.2, 0.25) is 0 Å². The van der Waals surface area contributed by atoms with Crippen LogP contribution in [0, 0.1) is 19.7 Å². The molecular weight excluding hydrogens is 275 g/mol. The molecule has 0 amide bonds. The fourth-order valence-electron chi connectivity index (χ4n) is 1.81. The molecule has 1 atom stereocenters. The Morgan fingerprint density at radius 3 is 2.67 bits per heavy atom. The van der Waals surface area contributed by atoms with Crippen molar-refractivity contribution < 1.29 is 14.2 Å². The van der Waals surface area contributed by atoms with Gasteiger partial charge in [-0.25, -0.2) is 9.37 Å². The molecular formula is C15H17FN2O3. The summed E-state index contributed by atoms with van der Waals surface area (Å²) in [6.45, 7) is 3.55. The lowest BCUT2D eigenvalue weighted by molar-refractivity contribution is 0.0912. The first kappa shape index (κ1) is 15.2. The third kappa shape index (κ3) is 3.88. The van der Waals surface area contributed by atoms with Gasteiger partial charge in [0.25, 0.3) is 5.56 Å². The van der Waals surface area contributed by atoms with Crippen LogP contribution in [0.3, 0.4) is 0 Å². The van der Waals surface area contributed by atoms with Crippen LogP contribution in [0.5, 0.6) is 5.75 Å². The molecule has 21 heavy (non-hydrogen) atoms. The SMILES string of the molecule is Cc1ncn(CC(O)COc2ccc(F)cc2)c(=O)c1C. The van der Waals surface area contributed by atoms with Crippen molar-refractivity contribution >= 4 is 0 Å². The van der Waals surface area contributed by atoms with E-state index in [1.807, 2.05) is 0 Å². The summed E-state index contributed by atoms with van der Waals surface area (Å²) in [4.78, 5) is 16.1. The van der Waals surface area contributed by atoms with E-state index < -0.39 is 6.10 Å². The van der Waals surface area contributed by atoms with Crippen LogP contribution in [-0.4, -0.2) is 27.4 Å². The van der Waals surface area contributed by atoms with Gasteiger partial charge < -0.3 is 9.84 Å². The van der Waals surface area contributed by atoms with Crippen molar-refractivity contribution in [1.29, 1.82) is 0 Å². The molecule has 0 aliphatic carbocycles. The van der Waals surface area contributed by atoms with E-state index in [0.717, 1.165) is 0 Å². The molecule has 1 N–H and O–H groups in total. The number of halogens is 1. The molecule has 0 radical (unpaired) electrons. The maximum Gasteiger partial charge on any atom is 0.256 e. The summed E-state index contributed by atoms with van der Waals surface area (Å²) in [5.41, 5.74) is 1.06. The molecule has 112 valence electrons. The predicted molar refractivity (Wildman–Crippen MR) is 75.9 cm³/mol. The van der Waals surface area contributed by atoms with E-state index in [9.17, 15) is 14.3 Å². The standard InChI is InChI=1S/C15H17FN2O3/c1-10-11(2)17-9-18(15(10)20)7-13(19)8-21-14-5-3-12(16)4-6-14/h3-6,9,13,19H,7-8H2,1-2H3. The van der Waals surface area contributed by atoms with Crippen LogP contribution in [-0.2, 0) is 6.54 Å². The zero-order valence-corrected chi connectivity index (χ0v) is 11.9. The number of aliphatic hydroxyl groups excluding tert-OH is 1. The first-order chi connectivity index (χ1) is 9.97. The molecule has 5 nitrogen and oxygen atoms in total. The van der Waals surface area contributed by atoms with E-state index in [2.05, 4.69) is 4.98 Å². The summed E-state index contributed by atoms with van der Waals surface area (Å²) in [5.74, 6) is 0.108. The van der Waals surface area contributed by atoms with Gasteiger partial charge in [0, 0.05) is 11.3 Å². The van der Waals surface area contributed by atoms with Gasteiger partial charge in [0.05, 0.1) is 12.9 Å². The van der Waals surface area contributed by atoms with E-state index in [1.165, 1.54) is 35.2 Å². The Bertz CT molecular complexity index is 668. The summed E-state index contributed by atoms with van der Waals surface area (Å²) >= 11 is 0. The summed E-state index contributed by atoms with van der Waals surface area (Å²) < 4.78 is 19.4. The molecule has 0 saturated carbocycles. The van der Waals surface area contributed by atoms with E-state index in [0.29, 0.717) is 17.0 Å². The van der Waals surface area contributed by atoms with E-state index in [4.69, 9.17) is 4.74 Å². The number of hydrogen-bond acceptors (Lipinski definition) is 4. The Balaban J connectivity index is 1.96. The summed E-state index contributed by atoms with van der Waals surface area (Å²) in [5, 5.41) is 9.92. The molecule has 0 spiro atoms. The van der Waals surface area contributed by atoms with Crippen molar-refractivity contribution in [2.75, 3.05) is 6.61 Å². The van der Waals surface area contributed by atoms with E-state index in [-0.39, 0.29) is 24.5 Å². The highest BCUT2D eigenvalue weighted by Crippen LogP contribution is 2.11. The van der Waals surface area contributed by atoms with Crippen molar-refractivity contribution in [3.05, 3.63) is 58.0 Å². The third-order valence-corrected chi connectivity index (χ3v) is 3.18. The van der Waals surface area contributed by atoms with Crippen LogP contribution in [0.1, 0.15) is 11.3 Å². The molecule has 6 heteroatoms. The summed E-state index contributed by atoms with van der Waals surface area (Å²) in [7, 11) is 0. The molecule has 1 unspecified atom stereocenters. The van der Waals surface area contributed by atoms with Crippen LogP contribution in [0.2, 0.25) is 0 Å². The normalized spacial score (nSPS) is 12.2. The maximum absolute atomic E-state index is 12.7. The second kappa shape index (κ2) is 6.49. The van der Waals surface area contributed by atoms with Gasteiger partial charge in [-0.05, 0) is 38.1 Å². The smallest absolute Gasteiger partial charge is 0.256 e. The minimum absolute atomic E-state index is 0.00496. The average Bonchev–Trinajstić information content (AvgIpc) is 2.47. The number of hydrogen-bond donors (Lipinski definition) is 1. The highest BCUT2D eigenvalue weighted by atomic mass is 19.1. The maximum atomic E-state index is 12.7. The van der Waals surface area contributed by atoms with Gasteiger partial charge in [-0.3, -0.25) is 9.36 Å². The Morgan fingerprint density at radius 2 is 2.00 bits per heavy atom. The number of aryl methyl sites for hydroxylation is 1. The molecule has 1 aromatic heterocycles. The number of aromatic nitrogens is 2. The molecule has 0 saturated heterocycles. The van der Waals surface area contributed by atoms with Crippen molar-refractivity contribution in [2.45, 2.75) is 26.5 Å². The Labute approximate surface area is 121 Å². The van der Waals surface area contributed by atoms with Crippen LogP contribution in [0.25, 0.3) is 0 Å². The number of benzene rings is 1. The minimum Gasteiger partial charge on any atom is -0.491 e. The molecule has 1 aromatic carbocycles. The largest absolute Gasteiger partial charge is 0.491 e. The van der Waals surface area contributed by atoms with Crippen LogP contribution < -0.4 is 10.3 Å². The van der Waals surface area contributed by atoms with E-state index >= 15 is 0 Å². The Kier molecular flexibility index (Phi) is 4.70. The number of ether oxygens (including phenoxy) is 1. The predicted octanol–water partition coefficient (Wildman–Crippen LogP) is 1.44.